The van der Waals surface area contributed by atoms with Crippen LogP contribution in [0.2, 0.25) is 0 Å². The summed E-state index contributed by atoms with van der Waals surface area (Å²) in [6.45, 7) is 5.31. The van der Waals surface area contributed by atoms with E-state index in [1.165, 1.54) is 29.1 Å². The highest BCUT2D eigenvalue weighted by Gasteiger charge is 2.26. The molecule has 128 valence electrons. The first-order chi connectivity index (χ1) is 11.3. The quantitative estimate of drug-likeness (QED) is 0.841. The van der Waals surface area contributed by atoms with Crippen LogP contribution in [-0.4, -0.2) is 38.0 Å². The zero-order valence-corrected chi connectivity index (χ0v) is 13.7. The summed E-state index contributed by atoms with van der Waals surface area (Å²) in [6.07, 6.45) is 1.99. The third kappa shape index (κ3) is 3.76. The summed E-state index contributed by atoms with van der Waals surface area (Å²) < 4.78 is 14.5. The molecule has 0 aliphatic carbocycles. The van der Waals surface area contributed by atoms with Crippen molar-refractivity contribution < 1.29 is 19.1 Å². The minimum Gasteiger partial charge on any atom is -0.480 e. The number of carboxylic acids is 1. The fraction of sp³-hybridized carbons (Fsp3) is 0.375. The molecule has 7 nitrogen and oxygen atoms in total. The molecule has 0 unspecified atom stereocenters. The van der Waals surface area contributed by atoms with Crippen molar-refractivity contribution in [3.63, 3.8) is 0 Å². The van der Waals surface area contributed by atoms with Gasteiger partial charge < -0.3 is 10.4 Å². The molecule has 0 saturated carbocycles. The van der Waals surface area contributed by atoms with Gasteiger partial charge in [0.1, 0.15) is 11.9 Å². The highest BCUT2D eigenvalue weighted by atomic mass is 19.1. The maximum atomic E-state index is 13.2. The first kappa shape index (κ1) is 17.6. The Morgan fingerprint density at radius 1 is 1.42 bits per heavy atom. The van der Waals surface area contributed by atoms with Crippen LogP contribution in [0, 0.1) is 18.7 Å². The molecule has 0 aliphatic heterocycles. The summed E-state index contributed by atoms with van der Waals surface area (Å²) >= 11 is 0. The Kier molecular flexibility index (Phi) is 5.28. The molecule has 24 heavy (non-hydrogen) atoms. The van der Waals surface area contributed by atoms with Crippen LogP contribution in [0.1, 0.15) is 36.3 Å². The first-order valence-corrected chi connectivity index (χ1v) is 7.56. The van der Waals surface area contributed by atoms with Gasteiger partial charge in [-0.05, 0) is 36.6 Å². The maximum absolute atomic E-state index is 13.2. The number of amides is 1. The number of rotatable bonds is 6. The molecular weight excluding hydrogens is 315 g/mol. The molecule has 2 rings (SSSR count). The lowest BCUT2D eigenvalue weighted by molar-refractivity contribution is -0.140. The number of nitrogens with zero attached hydrogens (tertiary/aromatic N) is 3. The first-order valence-electron chi connectivity index (χ1n) is 7.56. The van der Waals surface area contributed by atoms with Crippen molar-refractivity contribution in [1.29, 1.82) is 0 Å². The van der Waals surface area contributed by atoms with Crippen LogP contribution < -0.4 is 5.32 Å². The summed E-state index contributed by atoms with van der Waals surface area (Å²) in [5, 5.41) is 19.3. The third-order valence-electron chi connectivity index (χ3n) is 3.90. The maximum Gasteiger partial charge on any atom is 0.326 e. The number of carbonyl (C=O) groups is 2. The van der Waals surface area contributed by atoms with E-state index in [1.54, 1.807) is 13.8 Å². The number of hydrogen-bond donors (Lipinski definition) is 2. The van der Waals surface area contributed by atoms with Crippen molar-refractivity contribution in [3.8, 4) is 5.69 Å². The van der Waals surface area contributed by atoms with E-state index < -0.39 is 17.9 Å². The Morgan fingerprint density at radius 3 is 2.71 bits per heavy atom. The van der Waals surface area contributed by atoms with Crippen molar-refractivity contribution in [2.75, 3.05) is 0 Å². The van der Waals surface area contributed by atoms with Gasteiger partial charge in [0.05, 0.1) is 11.9 Å². The smallest absolute Gasteiger partial charge is 0.326 e. The van der Waals surface area contributed by atoms with Crippen molar-refractivity contribution in [1.82, 2.24) is 20.3 Å². The summed E-state index contributed by atoms with van der Waals surface area (Å²) in [6, 6.07) is 3.16. The molecule has 1 heterocycles. The van der Waals surface area contributed by atoms with Gasteiger partial charge in [0, 0.05) is 0 Å². The molecule has 0 spiro atoms. The molecule has 2 aromatic rings. The predicted octanol–water partition coefficient (Wildman–Crippen LogP) is 1.94. The molecular formula is C16H19FN4O3. The molecule has 8 heteroatoms. The lowest BCUT2D eigenvalue weighted by Crippen LogP contribution is -2.45. The second-order valence-electron chi connectivity index (χ2n) is 5.65. The lowest BCUT2D eigenvalue weighted by atomic mass is 9.99. The van der Waals surface area contributed by atoms with E-state index in [4.69, 9.17) is 0 Å². The number of aromatic nitrogens is 3. The van der Waals surface area contributed by atoms with Crippen LogP contribution in [0.15, 0.2) is 24.4 Å². The SMILES string of the molecule is CC[C@H](C)[C@H](NC(=O)c1cn(-c2ccc(F)cc2C)nn1)C(=O)O. The molecule has 1 amide bonds. The van der Waals surface area contributed by atoms with E-state index in [0.717, 1.165) is 0 Å². The van der Waals surface area contributed by atoms with Gasteiger partial charge in [-0.2, -0.15) is 0 Å². The van der Waals surface area contributed by atoms with Gasteiger partial charge in [-0.15, -0.1) is 5.10 Å². The van der Waals surface area contributed by atoms with Crippen molar-refractivity contribution in [2.45, 2.75) is 33.2 Å². The van der Waals surface area contributed by atoms with Crippen LogP contribution in [-0.2, 0) is 4.79 Å². The van der Waals surface area contributed by atoms with Crippen molar-refractivity contribution in [3.05, 3.63) is 41.5 Å². The van der Waals surface area contributed by atoms with E-state index in [0.29, 0.717) is 17.7 Å². The highest BCUT2D eigenvalue weighted by molar-refractivity contribution is 5.94. The Hall–Kier alpha value is -2.77. The molecule has 0 bridgehead atoms. The van der Waals surface area contributed by atoms with E-state index >= 15 is 0 Å². The number of carboxylic acid groups (broad SMARTS) is 1. The number of halogens is 1. The summed E-state index contributed by atoms with van der Waals surface area (Å²) in [7, 11) is 0. The largest absolute Gasteiger partial charge is 0.480 e. The Balaban J connectivity index is 2.20. The Morgan fingerprint density at radius 2 is 2.12 bits per heavy atom. The van der Waals surface area contributed by atoms with Gasteiger partial charge >= 0.3 is 5.97 Å². The summed E-state index contributed by atoms with van der Waals surface area (Å²) in [4.78, 5) is 23.5. The van der Waals surface area contributed by atoms with Crippen LogP contribution in [0.4, 0.5) is 4.39 Å². The lowest BCUT2D eigenvalue weighted by Gasteiger charge is -2.19. The zero-order valence-electron chi connectivity index (χ0n) is 13.7. The second kappa shape index (κ2) is 7.20. The van der Waals surface area contributed by atoms with Gasteiger partial charge in [-0.3, -0.25) is 4.79 Å². The topological polar surface area (TPSA) is 97.1 Å². The standard InChI is InChI=1S/C16H19FN4O3/c1-4-9(2)14(16(23)24)18-15(22)12-8-21(20-19-12)13-6-5-11(17)7-10(13)3/h5-9,14H,4H2,1-3H3,(H,18,22)(H,23,24)/t9-,14-/m0/s1. The molecule has 2 atom stereocenters. The summed E-state index contributed by atoms with van der Waals surface area (Å²) in [5.74, 6) is -2.30. The third-order valence-corrected chi connectivity index (χ3v) is 3.90. The summed E-state index contributed by atoms with van der Waals surface area (Å²) in [5.41, 5.74) is 1.21. The van der Waals surface area contributed by atoms with Gasteiger partial charge in [0.15, 0.2) is 5.69 Å². The minimum atomic E-state index is -1.10. The number of benzene rings is 1. The van der Waals surface area contributed by atoms with Crippen LogP contribution in [0.25, 0.3) is 5.69 Å². The highest BCUT2D eigenvalue weighted by Crippen LogP contribution is 2.15. The molecule has 0 saturated heterocycles. The molecule has 0 aliphatic rings. The number of aliphatic carboxylic acids is 1. The molecule has 0 radical (unpaired) electrons. The van der Waals surface area contributed by atoms with Crippen LogP contribution >= 0.6 is 0 Å². The number of nitrogens with one attached hydrogen (secondary N) is 1. The van der Waals surface area contributed by atoms with Crippen LogP contribution in [0.5, 0.6) is 0 Å². The minimum absolute atomic E-state index is 0.00622. The average molecular weight is 334 g/mol. The molecule has 2 N–H and O–H groups in total. The fourth-order valence-electron chi connectivity index (χ4n) is 2.26. The van der Waals surface area contributed by atoms with E-state index in [-0.39, 0.29) is 17.4 Å². The van der Waals surface area contributed by atoms with Crippen molar-refractivity contribution in [2.24, 2.45) is 5.92 Å². The van der Waals surface area contributed by atoms with Gasteiger partial charge in [-0.25, -0.2) is 13.9 Å². The van der Waals surface area contributed by atoms with Gasteiger partial charge in [0.25, 0.3) is 5.91 Å². The fourth-order valence-corrected chi connectivity index (χ4v) is 2.26. The predicted molar refractivity (Wildman–Crippen MR) is 84.4 cm³/mol. The number of hydrogen-bond acceptors (Lipinski definition) is 4. The number of aryl methyl sites for hydroxylation is 1. The second-order valence-corrected chi connectivity index (χ2v) is 5.65. The van der Waals surface area contributed by atoms with Crippen molar-refractivity contribution >= 4 is 11.9 Å². The molecule has 0 fully saturated rings. The Labute approximate surface area is 138 Å². The molecule has 1 aromatic carbocycles. The van der Waals surface area contributed by atoms with E-state index in [2.05, 4.69) is 15.6 Å². The van der Waals surface area contributed by atoms with E-state index in [1.807, 2.05) is 6.92 Å². The van der Waals surface area contributed by atoms with Crippen LogP contribution in [0.3, 0.4) is 0 Å². The number of carbonyl (C=O) groups excluding carboxylic acids is 1. The molecule has 1 aromatic heterocycles. The van der Waals surface area contributed by atoms with Gasteiger partial charge in [0.2, 0.25) is 0 Å². The average Bonchev–Trinajstić information content (AvgIpc) is 3.01. The van der Waals surface area contributed by atoms with E-state index in [9.17, 15) is 19.1 Å². The Bertz CT molecular complexity index is 760. The van der Waals surface area contributed by atoms with Gasteiger partial charge in [-0.1, -0.05) is 25.5 Å². The monoisotopic (exact) mass is 334 g/mol. The normalized spacial score (nSPS) is 13.3. The zero-order chi connectivity index (χ0) is 17.9.